The summed E-state index contributed by atoms with van der Waals surface area (Å²) < 4.78 is 10.7. The molecule has 2 aromatic rings. The minimum absolute atomic E-state index is 0.0276. The van der Waals surface area contributed by atoms with E-state index in [0.717, 1.165) is 16.5 Å². The van der Waals surface area contributed by atoms with E-state index in [1.165, 1.54) is 16.9 Å². The number of aromatic nitrogens is 1. The molecule has 0 unspecified atom stereocenters. The van der Waals surface area contributed by atoms with Crippen LogP contribution in [-0.2, 0) is 22.6 Å². The Kier molecular flexibility index (Phi) is 6.86. The van der Waals surface area contributed by atoms with E-state index in [2.05, 4.69) is 4.98 Å². The van der Waals surface area contributed by atoms with Crippen LogP contribution >= 0.6 is 11.3 Å². The van der Waals surface area contributed by atoms with E-state index in [-0.39, 0.29) is 18.4 Å². The number of carbonyl (C=O) groups is 2. The Morgan fingerprint density at radius 1 is 1.11 bits per heavy atom. The molecule has 1 aliphatic rings. The molecule has 0 bridgehead atoms. The molecule has 1 aliphatic heterocycles. The Hall–Kier alpha value is -2.61. The topological polar surface area (TPSA) is 72.0 Å². The van der Waals surface area contributed by atoms with Gasteiger partial charge in [-0.25, -0.2) is 9.78 Å². The van der Waals surface area contributed by atoms with Gasteiger partial charge < -0.3 is 19.3 Å². The normalized spacial score (nSPS) is 14.1. The molecule has 7 nitrogen and oxygen atoms in total. The standard InChI is InChI=1S/C20H25N3O4S/c1-3-26-20(25)23-10-8-22(9-11-23)19(24)12-16-14-28-18(21-16)13-27-17-6-4-15(2)5-7-17/h4-7,14H,3,8-13H2,1-2H3. The van der Waals surface area contributed by atoms with E-state index in [4.69, 9.17) is 9.47 Å². The summed E-state index contributed by atoms with van der Waals surface area (Å²) in [6.45, 7) is 6.60. The van der Waals surface area contributed by atoms with Crippen LogP contribution in [0.25, 0.3) is 0 Å². The first-order valence-corrected chi connectivity index (χ1v) is 10.3. The number of aryl methyl sites for hydroxylation is 1. The molecule has 0 spiro atoms. The lowest BCUT2D eigenvalue weighted by Gasteiger charge is -2.34. The summed E-state index contributed by atoms with van der Waals surface area (Å²) >= 11 is 1.49. The second-order valence-corrected chi connectivity index (χ2v) is 7.52. The fraction of sp³-hybridized carbons (Fsp3) is 0.450. The number of piperazine rings is 1. The largest absolute Gasteiger partial charge is 0.486 e. The molecule has 0 N–H and O–H groups in total. The second kappa shape index (κ2) is 9.54. The lowest BCUT2D eigenvalue weighted by molar-refractivity contribution is -0.132. The lowest BCUT2D eigenvalue weighted by Crippen LogP contribution is -2.51. The number of ether oxygens (including phenoxy) is 2. The van der Waals surface area contributed by atoms with Crippen molar-refractivity contribution in [3.8, 4) is 5.75 Å². The first kappa shape index (κ1) is 20.1. The molecule has 2 amide bonds. The summed E-state index contributed by atoms with van der Waals surface area (Å²) in [7, 11) is 0. The summed E-state index contributed by atoms with van der Waals surface area (Å²) in [5.74, 6) is 0.831. The highest BCUT2D eigenvalue weighted by Crippen LogP contribution is 2.17. The van der Waals surface area contributed by atoms with Crippen LogP contribution in [0.1, 0.15) is 23.2 Å². The third kappa shape index (κ3) is 5.45. The van der Waals surface area contributed by atoms with Crippen LogP contribution in [0.4, 0.5) is 4.79 Å². The van der Waals surface area contributed by atoms with Crippen LogP contribution in [0, 0.1) is 6.92 Å². The van der Waals surface area contributed by atoms with Crippen molar-refractivity contribution < 1.29 is 19.1 Å². The molecular weight excluding hydrogens is 378 g/mol. The molecule has 1 aromatic carbocycles. The molecule has 150 valence electrons. The molecule has 0 saturated carbocycles. The van der Waals surface area contributed by atoms with Gasteiger partial charge in [0.15, 0.2) is 0 Å². The zero-order valence-corrected chi connectivity index (χ0v) is 17.0. The third-order valence-electron chi connectivity index (χ3n) is 4.47. The van der Waals surface area contributed by atoms with Crippen LogP contribution in [0.2, 0.25) is 0 Å². The zero-order valence-electron chi connectivity index (χ0n) is 16.2. The maximum absolute atomic E-state index is 12.5. The minimum atomic E-state index is -0.313. The van der Waals surface area contributed by atoms with Crippen molar-refractivity contribution in [3.05, 3.63) is 45.9 Å². The lowest BCUT2D eigenvalue weighted by atomic mass is 10.2. The monoisotopic (exact) mass is 403 g/mol. The molecule has 1 aromatic heterocycles. The van der Waals surface area contributed by atoms with Gasteiger partial charge >= 0.3 is 6.09 Å². The fourth-order valence-electron chi connectivity index (χ4n) is 2.90. The van der Waals surface area contributed by atoms with Crippen LogP contribution < -0.4 is 4.74 Å². The Morgan fingerprint density at radius 2 is 1.79 bits per heavy atom. The summed E-state index contributed by atoms with van der Waals surface area (Å²) in [6.07, 6.45) is -0.0483. The summed E-state index contributed by atoms with van der Waals surface area (Å²) in [6, 6.07) is 7.87. The smallest absolute Gasteiger partial charge is 0.409 e. The maximum Gasteiger partial charge on any atom is 0.409 e. The SMILES string of the molecule is CCOC(=O)N1CCN(C(=O)Cc2csc(COc3ccc(C)cc3)n2)CC1. The quantitative estimate of drug-likeness (QED) is 0.742. The molecule has 8 heteroatoms. The predicted octanol–water partition coefficient (Wildman–Crippen LogP) is 2.87. The van der Waals surface area contributed by atoms with Crippen LogP contribution in [-0.4, -0.2) is 59.6 Å². The molecule has 3 rings (SSSR count). The molecule has 28 heavy (non-hydrogen) atoms. The number of amides is 2. The number of hydrogen-bond donors (Lipinski definition) is 0. The molecule has 1 fully saturated rings. The number of rotatable bonds is 6. The highest BCUT2D eigenvalue weighted by atomic mass is 32.1. The Labute approximate surface area is 168 Å². The fourth-order valence-corrected chi connectivity index (χ4v) is 3.60. The van der Waals surface area contributed by atoms with Gasteiger partial charge in [0.25, 0.3) is 0 Å². The first-order valence-electron chi connectivity index (χ1n) is 9.37. The van der Waals surface area contributed by atoms with Crippen molar-refractivity contribution in [2.24, 2.45) is 0 Å². The van der Waals surface area contributed by atoms with Crippen molar-refractivity contribution in [1.29, 1.82) is 0 Å². The Bertz CT molecular complexity index is 798. The third-order valence-corrected chi connectivity index (χ3v) is 5.34. The zero-order chi connectivity index (χ0) is 19.9. The van der Waals surface area contributed by atoms with Crippen molar-refractivity contribution in [3.63, 3.8) is 0 Å². The summed E-state index contributed by atoms with van der Waals surface area (Å²) in [5, 5.41) is 2.75. The molecule has 0 atom stereocenters. The predicted molar refractivity (Wildman–Crippen MR) is 107 cm³/mol. The number of benzene rings is 1. The molecule has 1 saturated heterocycles. The van der Waals surface area contributed by atoms with Gasteiger partial charge in [0.05, 0.1) is 18.7 Å². The highest BCUT2D eigenvalue weighted by Gasteiger charge is 2.25. The van der Waals surface area contributed by atoms with Gasteiger partial charge in [-0.15, -0.1) is 11.3 Å². The van der Waals surface area contributed by atoms with Gasteiger partial charge in [0.2, 0.25) is 5.91 Å². The van der Waals surface area contributed by atoms with Crippen molar-refractivity contribution in [2.45, 2.75) is 26.9 Å². The van der Waals surface area contributed by atoms with Gasteiger partial charge in [-0.05, 0) is 26.0 Å². The molecular formula is C20H25N3O4S. The number of carbonyl (C=O) groups excluding carboxylic acids is 2. The van der Waals surface area contributed by atoms with Gasteiger partial charge in [0, 0.05) is 31.6 Å². The summed E-state index contributed by atoms with van der Waals surface area (Å²) in [4.78, 5) is 32.2. The van der Waals surface area contributed by atoms with Crippen molar-refractivity contribution >= 4 is 23.3 Å². The van der Waals surface area contributed by atoms with Crippen molar-refractivity contribution in [2.75, 3.05) is 32.8 Å². The van der Waals surface area contributed by atoms with Crippen LogP contribution in [0.3, 0.4) is 0 Å². The Morgan fingerprint density at radius 3 is 2.46 bits per heavy atom. The van der Waals surface area contributed by atoms with E-state index in [1.807, 2.05) is 36.6 Å². The molecule has 0 aliphatic carbocycles. The average molecular weight is 404 g/mol. The number of hydrogen-bond acceptors (Lipinski definition) is 6. The summed E-state index contributed by atoms with van der Waals surface area (Å²) in [5.41, 5.74) is 1.94. The molecule has 0 radical (unpaired) electrons. The number of nitrogens with zero attached hydrogens (tertiary/aromatic N) is 3. The highest BCUT2D eigenvalue weighted by molar-refractivity contribution is 7.09. The number of thiazole rings is 1. The van der Waals surface area contributed by atoms with Gasteiger partial charge in [-0.2, -0.15) is 0 Å². The van der Waals surface area contributed by atoms with E-state index in [9.17, 15) is 9.59 Å². The first-order chi connectivity index (χ1) is 13.5. The van der Waals surface area contributed by atoms with Crippen molar-refractivity contribution in [1.82, 2.24) is 14.8 Å². The van der Waals surface area contributed by atoms with E-state index in [0.29, 0.717) is 39.4 Å². The van der Waals surface area contributed by atoms with Gasteiger partial charge in [0.1, 0.15) is 17.4 Å². The maximum atomic E-state index is 12.5. The van der Waals surface area contributed by atoms with Gasteiger partial charge in [-0.1, -0.05) is 17.7 Å². The van der Waals surface area contributed by atoms with Crippen LogP contribution in [0.5, 0.6) is 5.75 Å². The van der Waals surface area contributed by atoms with E-state index < -0.39 is 0 Å². The second-order valence-electron chi connectivity index (χ2n) is 6.58. The van der Waals surface area contributed by atoms with Gasteiger partial charge in [-0.3, -0.25) is 4.79 Å². The minimum Gasteiger partial charge on any atom is -0.486 e. The Balaban J connectivity index is 1.45. The molecule has 2 heterocycles. The van der Waals surface area contributed by atoms with E-state index in [1.54, 1.807) is 16.7 Å². The van der Waals surface area contributed by atoms with Crippen LogP contribution in [0.15, 0.2) is 29.6 Å². The average Bonchev–Trinajstić information content (AvgIpc) is 3.15. The van der Waals surface area contributed by atoms with E-state index >= 15 is 0 Å².